The maximum absolute atomic E-state index is 2.53. The van der Waals surface area contributed by atoms with Gasteiger partial charge in [-0.15, -0.1) is 0 Å². The molecule has 0 saturated heterocycles. The van der Waals surface area contributed by atoms with Gasteiger partial charge < -0.3 is 9.47 Å². The predicted octanol–water partition coefficient (Wildman–Crippen LogP) is 17.6. The smallest absolute Gasteiger partial charge is 0.0735 e. The summed E-state index contributed by atoms with van der Waals surface area (Å²) in [5, 5.41) is 4.94. The molecule has 318 valence electrons. The summed E-state index contributed by atoms with van der Waals surface area (Å²) in [6.45, 7) is 0. The van der Waals surface area contributed by atoms with Crippen molar-refractivity contribution >= 4 is 61.4 Å². The van der Waals surface area contributed by atoms with Crippen molar-refractivity contribution in [3.8, 4) is 39.1 Å². The van der Waals surface area contributed by atoms with Gasteiger partial charge in [-0.25, -0.2) is 0 Å². The van der Waals surface area contributed by atoms with Gasteiger partial charge in [0.05, 0.1) is 33.5 Å². The molecular weight excluding hydrogens is 841 g/mol. The molecule has 1 spiro atoms. The van der Waals surface area contributed by atoms with Crippen LogP contribution in [-0.4, -0.2) is 4.57 Å². The van der Waals surface area contributed by atoms with Gasteiger partial charge in [0, 0.05) is 42.8 Å². The van der Waals surface area contributed by atoms with Crippen LogP contribution in [0.1, 0.15) is 22.3 Å². The molecule has 0 radical (unpaired) electrons. The number of aromatic nitrogens is 1. The molecule has 0 fully saturated rings. The van der Waals surface area contributed by atoms with E-state index in [0.29, 0.717) is 0 Å². The van der Waals surface area contributed by atoms with E-state index >= 15 is 0 Å². The summed E-state index contributed by atoms with van der Waals surface area (Å²) in [7, 11) is 0. The second-order valence-electron chi connectivity index (χ2n) is 17.9. The quantitative estimate of drug-likeness (QED) is 0.164. The molecule has 2 aliphatic rings. The molecule has 1 aliphatic heterocycles. The summed E-state index contributed by atoms with van der Waals surface area (Å²) in [5.74, 6) is 0. The van der Waals surface area contributed by atoms with Crippen molar-refractivity contribution in [2.45, 2.75) is 15.2 Å². The molecule has 12 aromatic rings. The molecule has 1 aliphatic carbocycles. The van der Waals surface area contributed by atoms with E-state index in [1.54, 1.807) is 0 Å². The topological polar surface area (TPSA) is 8.17 Å². The van der Waals surface area contributed by atoms with Crippen LogP contribution >= 0.6 is 11.8 Å². The molecule has 0 unspecified atom stereocenters. The zero-order valence-electron chi connectivity index (χ0n) is 37.1. The van der Waals surface area contributed by atoms with Crippen molar-refractivity contribution in [3.05, 3.63) is 277 Å². The number of anilines is 3. The van der Waals surface area contributed by atoms with Gasteiger partial charge in [-0.2, -0.15) is 0 Å². The van der Waals surface area contributed by atoms with Crippen molar-refractivity contribution < 1.29 is 0 Å². The van der Waals surface area contributed by atoms with E-state index in [-0.39, 0.29) is 0 Å². The Balaban J connectivity index is 1.09. The van der Waals surface area contributed by atoms with E-state index in [4.69, 9.17) is 0 Å². The third kappa shape index (κ3) is 5.60. The van der Waals surface area contributed by atoms with Crippen LogP contribution in [0.25, 0.3) is 71.6 Å². The lowest BCUT2D eigenvalue weighted by molar-refractivity contribution is 0.707. The van der Waals surface area contributed by atoms with Crippen molar-refractivity contribution in [1.82, 2.24) is 4.57 Å². The fourth-order valence-electron chi connectivity index (χ4n) is 11.7. The van der Waals surface area contributed by atoms with E-state index in [2.05, 4.69) is 264 Å². The number of nitrogens with zero attached hydrogens (tertiary/aromatic N) is 2. The van der Waals surface area contributed by atoms with E-state index in [1.807, 2.05) is 11.8 Å². The number of benzene rings is 11. The summed E-state index contributed by atoms with van der Waals surface area (Å²) in [5.41, 5.74) is 18.8. The highest BCUT2D eigenvalue weighted by Gasteiger charge is 2.48. The largest absolute Gasteiger partial charge is 0.309 e. The Morgan fingerprint density at radius 3 is 1.66 bits per heavy atom. The summed E-state index contributed by atoms with van der Waals surface area (Å²) < 4.78 is 2.48. The van der Waals surface area contributed by atoms with Crippen LogP contribution in [0.3, 0.4) is 0 Å². The van der Waals surface area contributed by atoms with Crippen LogP contribution in [0, 0.1) is 0 Å². The summed E-state index contributed by atoms with van der Waals surface area (Å²) in [4.78, 5) is 5.13. The van der Waals surface area contributed by atoms with Crippen LogP contribution in [0.4, 0.5) is 17.1 Å². The molecule has 0 amide bonds. The van der Waals surface area contributed by atoms with Gasteiger partial charge in [-0.05, 0) is 98.4 Å². The zero-order valence-corrected chi connectivity index (χ0v) is 37.9. The summed E-state index contributed by atoms with van der Waals surface area (Å²) in [6.07, 6.45) is 0. The Morgan fingerprint density at radius 2 is 0.897 bits per heavy atom. The van der Waals surface area contributed by atoms with Crippen LogP contribution in [-0.2, 0) is 5.41 Å². The lowest BCUT2D eigenvalue weighted by Gasteiger charge is -2.46. The minimum absolute atomic E-state index is 0.529. The highest BCUT2D eigenvalue weighted by Crippen LogP contribution is 2.62. The maximum Gasteiger partial charge on any atom is 0.0735 e. The first kappa shape index (κ1) is 38.9. The number of hydrogen-bond acceptors (Lipinski definition) is 2. The third-order valence-corrected chi connectivity index (χ3v) is 15.6. The molecule has 14 rings (SSSR count). The molecule has 0 N–H and O–H groups in total. The normalized spacial score (nSPS) is 13.1. The van der Waals surface area contributed by atoms with E-state index in [9.17, 15) is 0 Å². The van der Waals surface area contributed by atoms with Crippen LogP contribution in [0.15, 0.2) is 265 Å². The monoisotopic (exact) mass is 882 g/mol. The fourth-order valence-corrected chi connectivity index (χ4v) is 12.9. The minimum Gasteiger partial charge on any atom is -0.309 e. The molecule has 2 nitrogen and oxygen atoms in total. The van der Waals surface area contributed by atoms with E-state index in [1.165, 1.54) is 86.9 Å². The van der Waals surface area contributed by atoms with Gasteiger partial charge in [0.1, 0.15) is 0 Å². The lowest BCUT2D eigenvalue weighted by Crippen LogP contribution is -2.36. The van der Waals surface area contributed by atoms with E-state index < -0.39 is 5.41 Å². The molecule has 11 aromatic carbocycles. The van der Waals surface area contributed by atoms with Crippen molar-refractivity contribution in [1.29, 1.82) is 0 Å². The average molecular weight is 883 g/mol. The van der Waals surface area contributed by atoms with Crippen molar-refractivity contribution in [2.24, 2.45) is 0 Å². The summed E-state index contributed by atoms with van der Waals surface area (Å²) in [6, 6.07) is 94.5. The molecule has 0 bridgehead atoms. The predicted molar refractivity (Wildman–Crippen MR) is 285 cm³/mol. The third-order valence-electron chi connectivity index (χ3n) is 14.5. The van der Waals surface area contributed by atoms with Gasteiger partial charge in [0.15, 0.2) is 0 Å². The Morgan fingerprint density at radius 1 is 0.338 bits per heavy atom. The Kier molecular flexibility index (Phi) is 8.77. The first-order valence-corrected chi connectivity index (χ1v) is 24.2. The number of para-hydroxylation sites is 3. The highest BCUT2D eigenvalue weighted by atomic mass is 32.2. The van der Waals surface area contributed by atoms with Crippen molar-refractivity contribution in [3.63, 3.8) is 0 Å². The standard InChI is InChI=1S/C65H42N2S/c1-3-20-43(21-4-1)46-24-8-14-33-57(46)66(45-38-39-50-49-27-10-16-35-59(49)67(61(50)42-45)58-34-15-9-25-47(58)44-22-5-2-6-23-44)60-41-40-51-48-26-7-11-29-53(48)65(56-32-19-28-52(60)64(51)56)54-30-12-17-36-62(54)68-63-37-18-13-31-55(63)65/h1-42H. The van der Waals surface area contributed by atoms with Crippen LogP contribution in [0.5, 0.6) is 0 Å². The lowest BCUT2D eigenvalue weighted by atomic mass is 9.59. The van der Waals surface area contributed by atoms with Gasteiger partial charge in [0.25, 0.3) is 0 Å². The minimum atomic E-state index is -0.529. The molecule has 2 heterocycles. The van der Waals surface area contributed by atoms with Gasteiger partial charge in [-0.3, -0.25) is 0 Å². The van der Waals surface area contributed by atoms with Gasteiger partial charge in [-0.1, -0.05) is 218 Å². The Labute approximate surface area is 400 Å². The highest BCUT2D eigenvalue weighted by molar-refractivity contribution is 7.99. The second-order valence-corrected chi connectivity index (χ2v) is 19.0. The van der Waals surface area contributed by atoms with Crippen LogP contribution in [0.2, 0.25) is 0 Å². The molecule has 3 heteroatoms. The zero-order chi connectivity index (χ0) is 44.8. The van der Waals surface area contributed by atoms with E-state index in [0.717, 1.165) is 33.8 Å². The number of rotatable bonds is 6. The summed E-state index contributed by atoms with van der Waals surface area (Å²) >= 11 is 1.89. The van der Waals surface area contributed by atoms with Crippen molar-refractivity contribution in [2.75, 3.05) is 4.90 Å². The fraction of sp³-hybridized carbons (Fsp3) is 0.0154. The molecular formula is C65H42N2S. The average Bonchev–Trinajstić information content (AvgIpc) is 3.74. The Hall–Kier alpha value is -8.37. The van der Waals surface area contributed by atoms with Gasteiger partial charge in [0.2, 0.25) is 0 Å². The maximum atomic E-state index is 2.53. The molecule has 0 atom stereocenters. The van der Waals surface area contributed by atoms with Gasteiger partial charge >= 0.3 is 0 Å². The second kappa shape index (κ2) is 15.4. The molecule has 0 saturated carbocycles. The SMILES string of the molecule is c1ccc(-c2ccccc2N(c2ccc3c4ccccc4n(-c4ccccc4-c4ccccc4)c3c2)c2ccc3c4c(cccc24)C2(c4ccccc4Sc4ccccc42)c2ccccc2-3)cc1. The Bertz CT molecular complexity index is 3910. The number of hydrogen-bond donors (Lipinski definition) is 0. The first-order chi connectivity index (χ1) is 33.8. The van der Waals surface area contributed by atoms with Crippen LogP contribution < -0.4 is 4.90 Å². The first-order valence-electron chi connectivity index (χ1n) is 23.4. The number of fused-ring (bicyclic) bond motifs is 11. The molecule has 1 aromatic heterocycles. The molecule has 68 heavy (non-hydrogen) atoms.